The summed E-state index contributed by atoms with van der Waals surface area (Å²) in [4.78, 5) is 9.71. The molecule has 0 fully saturated rings. The highest BCUT2D eigenvalue weighted by atomic mass is 16.5. The maximum absolute atomic E-state index is 6.49. The Balaban J connectivity index is 1.95. The third-order valence-corrected chi connectivity index (χ3v) is 5.36. The van der Waals surface area contributed by atoms with Gasteiger partial charge in [-0.05, 0) is 44.2 Å². The summed E-state index contributed by atoms with van der Waals surface area (Å²) in [5.41, 5.74) is 4.18. The summed E-state index contributed by atoms with van der Waals surface area (Å²) in [6, 6.07) is 10.1. The molecule has 4 heteroatoms. The van der Waals surface area contributed by atoms with E-state index in [4.69, 9.17) is 14.7 Å². The van der Waals surface area contributed by atoms with E-state index in [1.165, 1.54) is 18.4 Å². The smallest absolute Gasteiger partial charge is 0.182 e. The van der Waals surface area contributed by atoms with Crippen molar-refractivity contribution in [3.05, 3.63) is 47.4 Å². The van der Waals surface area contributed by atoms with Crippen molar-refractivity contribution in [3.8, 4) is 11.5 Å². The molecule has 0 bridgehead atoms. The Morgan fingerprint density at radius 3 is 2.73 bits per heavy atom. The van der Waals surface area contributed by atoms with E-state index in [1.54, 1.807) is 0 Å². The molecule has 0 radical (unpaired) electrons. The molecule has 2 aromatic heterocycles. The molecule has 1 aliphatic rings. The van der Waals surface area contributed by atoms with E-state index in [0.29, 0.717) is 5.92 Å². The highest BCUT2D eigenvalue weighted by Crippen LogP contribution is 2.41. The van der Waals surface area contributed by atoms with Gasteiger partial charge in [0.2, 0.25) is 0 Å². The standard InChI is InChI=1S/C22H27N3O/c1-4-10-15(2)19-16(3)23-22-20(25-14-9-8-13-18(25)24-22)21(19)26-17-11-6-5-7-12-17/h5-7,11-12,15H,4,8-10,13-14H2,1-3H3. The van der Waals surface area contributed by atoms with Gasteiger partial charge >= 0.3 is 0 Å². The Labute approximate surface area is 155 Å². The van der Waals surface area contributed by atoms with Crippen LogP contribution in [0.1, 0.15) is 62.5 Å². The van der Waals surface area contributed by atoms with Crippen LogP contribution in [0.25, 0.3) is 11.2 Å². The quantitative estimate of drug-likeness (QED) is 0.587. The molecule has 0 saturated heterocycles. The zero-order chi connectivity index (χ0) is 18.1. The van der Waals surface area contributed by atoms with Crippen LogP contribution in [0.2, 0.25) is 0 Å². The number of aromatic nitrogens is 3. The second-order valence-electron chi connectivity index (χ2n) is 7.35. The van der Waals surface area contributed by atoms with Crippen LogP contribution in [0.5, 0.6) is 11.5 Å². The lowest BCUT2D eigenvalue weighted by Gasteiger charge is -2.21. The van der Waals surface area contributed by atoms with Crippen molar-refractivity contribution in [1.82, 2.24) is 14.5 Å². The number of aryl methyl sites for hydroxylation is 3. The number of hydrogen-bond donors (Lipinski definition) is 0. The average molecular weight is 349 g/mol. The summed E-state index contributed by atoms with van der Waals surface area (Å²) in [6.07, 6.45) is 5.70. The third kappa shape index (κ3) is 2.98. The van der Waals surface area contributed by atoms with E-state index >= 15 is 0 Å². The van der Waals surface area contributed by atoms with Crippen molar-refractivity contribution in [2.24, 2.45) is 0 Å². The van der Waals surface area contributed by atoms with Crippen LogP contribution in [0.15, 0.2) is 30.3 Å². The van der Waals surface area contributed by atoms with Gasteiger partial charge in [0.15, 0.2) is 11.4 Å². The van der Waals surface area contributed by atoms with Crippen LogP contribution in [0.3, 0.4) is 0 Å². The zero-order valence-corrected chi connectivity index (χ0v) is 16.0. The predicted molar refractivity (Wildman–Crippen MR) is 105 cm³/mol. The van der Waals surface area contributed by atoms with E-state index in [2.05, 4.69) is 25.3 Å². The van der Waals surface area contributed by atoms with Crippen LogP contribution in [0, 0.1) is 6.92 Å². The van der Waals surface area contributed by atoms with Crippen LogP contribution in [-0.4, -0.2) is 14.5 Å². The maximum atomic E-state index is 6.49. The van der Waals surface area contributed by atoms with Crippen molar-refractivity contribution in [2.75, 3.05) is 0 Å². The number of fused-ring (bicyclic) bond motifs is 3. The highest BCUT2D eigenvalue weighted by molar-refractivity contribution is 5.82. The molecular weight excluding hydrogens is 322 g/mol. The first-order valence-electron chi connectivity index (χ1n) is 9.81. The molecule has 1 aromatic carbocycles. The first-order valence-corrected chi connectivity index (χ1v) is 9.81. The van der Waals surface area contributed by atoms with E-state index < -0.39 is 0 Å². The van der Waals surface area contributed by atoms with Gasteiger partial charge in [0.05, 0.1) is 0 Å². The summed E-state index contributed by atoms with van der Waals surface area (Å²) >= 11 is 0. The number of imidazole rings is 1. The summed E-state index contributed by atoms with van der Waals surface area (Å²) < 4.78 is 8.83. The molecule has 1 unspecified atom stereocenters. The molecule has 1 aliphatic heterocycles. The molecule has 3 aromatic rings. The summed E-state index contributed by atoms with van der Waals surface area (Å²) in [7, 11) is 0. The molecule has 3 heterocycles. The van der Waals surface area contributed by atoms with Gasteiger partial charge in [-0.3, -0.25) is 0 Å². The van der Waals surface area contributed by atoms with Gasteiger partial charge in [0, 0.05) is 24.2 Å². The Hall–Kier alpha value is -2.36. The summed E-state index contributed by atoms with van der Waals surface area (Å²) in [5.74, 6) is 3.39. The van der Waals surface area contributed by atoms with Crippen LogP contribution in [0.4, 0.5) is 0 Å². The lowest BCUT2D eigenvalue weighted by molar-refractivity contribution is 0.464. The Morgan fingerprint density at radius 2 is 1.96 bits per heavy atom. The molecule has 0 saturated carbocycles. The molecule has 0 aliphatic carbocycles. The number of benzene rings is 1. The van der Waals surface area contributed by atoms with Gasteiger partial charge < -0.3 is 9.30 Å². The Bertz CT molecular complexity index is 914. The minimum atomic E-state index is 0.408. The SMILES string of the molecule is CCCC(C)c1c(C)nc2nc3n(c2c1Oc1ccccc1)CCCC3. The fourth-order valence-electron chi connectivity index (χ4n) is 4.15. The number of rotatable bonds is 5. The largest absolute Gasteiger partial charge is 0.455 e. The topological polar surface area (TPSA) is 39.9 Å². The predicted octanol–water partition coefficient (Wildman–Crippen LogP) is 5.77. The Morgan fingerprint density at radius 1 is 1.15 bits per heavy atom. The Kier molecular flexibility index (Phi) is 4.66. The van der Waals surface area contributed by atoms with Crippen LogP contribution < -0.4 is 4.74 Å². The van der Waals surface area contributed by atoms with E-state index in [0.717, 1.165) is 60.0 Å². The summed E-state index contributed by atoms with van der Waals surface area (Å²) in [6.45, 7) is 7.61. The minimum Gasteiger partial charge on any atom is -0.455 e. The highest BCUT2D eigenvalue weighted by Gasteiger charge is 2.25. The summed E-state index contributed by atoms with van der Waals surface area (Å²) in [5, 5.41) is 0. The van der Waals surface area contributed by atoms with Gasteiger partial charge in [-0.2, -0.15) is 0 Å². The number of pyridine rings is 1. The first-order chi connectivity index (χ1) is 12.7. The van der Waals surface area contributed by atoms with Gasteiger partial charge in [-0.1, -0.05) is 38.5 Å². The zero-order valence-electron chi connectivity index (χ0n) is 16.0. The fraction of sp³-hybridized carbons (Fsp3) is 0.455. The van der Waals surface area contributed by atoms with E-state index in [1.807, 2.05) is 30.3 Å². The van der Waals surface area contributed by atoms with E-state index in [-0.39, 0.29) is 0 Å². The number of hydrogen-bond acceptors (Lipinski definition) is 3. The molecule has 0 amide bonds. The maximum Gasteiger partial charge on any atom is 0.182 e. The fourth-order valence-corrected chi connectivity index (χ4v) is 4.15. The van der Waals surface area contributed by atoms with Gasteiger partial charge in [-0.15, -0.1) is 0 Å². The molecule has 26 heavy (non-hydrogen) atoms. The lowest BCUT2D eigenvalue weighted by Crippen LogP contribution is -2.11. The number of para-hydroxylation sites is 1. The van der Waals surface area contributed by atoms with Gasteiger partial charge in [0.25, 0.3) is 0 Å². The second kappa shape index (κ2) is 7.10. The number of ether oxygens (including phenoxy) is 1. The van der Waals surface area contributed by atoms with Gasteiger partial charge in [-0.25, -0.2) is 9.97 Å². The monoisotopic (exact) mass is 349 g/mol. The van der Waals surface area contributed by atoms with Crippen molar-refractivity contribution >= 4 is 11.2 Å². The molecule has 0 spiro atoms. The molecule has 4 rings (SSSR count). The van der Waals surface area contributed by atoms with E-state index in [9.17, 15) is 0 Å². The molecule has 0 N–H and O–H groups in total. The first kappa shape index (κ1) is 17.1. The minimum absolute atomic E-state index is 0.408. The van der Waals surface area contributed by atoms with Crippen molar-refractivity contribution in [1.29, 1.82) is 0 Å². The molecule has 136 valence electrons. The molecule has 4 nitrogen and oxygen atoms in total. The lowest BCUT2D eigenvalue weighted by atomic mass is 9.94. The third-order valence-electron chi connectivity index (χ3n) is 5.36. The van der Waals surface area contributed by atoms with Crippen LogP contribution >= 0.6 is 0 Å². The average Bonchev–Trinajstić information content (AvgIpc) is 3.00. The van der Waals surface area contributed by atoms with Crippen molar-refractivity contribution in [3.63, 3.8) is 0 Å². The van der Waals surface area contributed by atoms with Crippen molar-refractivity contribution < 1.29 is 4.74 Å². The van der Waals surface area contributed by atoms with Gasteiger partial charge in [0.1, 0.15) is 17.1 Å². The molecular formula is C22H27N3O. The van der Waals surface area contributed by atoms with Crippen LogP contribution in [-0.2, 0) is 13.0 Å². The molecule has 1 atom stereocenters. The number of nitrogens with zero attached hydrogens (tertiary/aromatic N) is 3. The normalized spacial score (nSPS) is 15.0. The second-order valence-corrected chi connectivity index (χ2v) is 7.35. The van der Waals surface area contributed by atoms with Crippen molar-refractivity contribution in [2.45, 2.75) is 65.3 Å².